The highest BCUT2D eigenvalue weighted by molar-refractivity contribution is 7.89. The number of hydrogen-bond acceptors (Lipinski definition) is 6. The van der Waals surface area contributed by atoms with E-state index in [1.807, 2.05) is 0 Å². The van der Waals surface area contributed by atoms with Crippen LogP contribution in [-0.4, -0.2) is 26.4 Å². The summed E-state index contributed by atoms with van der Waals surface area (Å²) < 4.78 is 38.0. The number of nitrogens with one attached hydrogen (secondary N) is 2. The first-order valence-electron chi connectivity index (χ1n) is 9.56. The Kier molecular flexibility index (Phi) is 7.34. The molecule has 1 atom stereocenters. The Bertz CT molecular complexity index is 1220. The Hall–Kier alpha value is -3.14. The Labute approximate surface area is 190 Å². The van der Waals surface area contributed by atoms with Gasteiger partial charge in [-0.25, -0.2) is 17.9 Å². The molecule has 0 aliphatic carbocycles. The van der Waals surface area contributed by atoms with Crippen LogP contribution in [0.5, 0.6) is 0 Å². The van der Waals surface area contributed by atoms with Gasteiger partial charge < -0.3 is 14.5 Å². The molecule has 0 spiro atoms. The number of rotatable bonds is 8. The molecule has 3 aromatic rings. The fourth-order valence-electron chi connectivity index (χ4n) is 2.73. The van der Waals surface area contributed by atoms with Gasteiger partial charge in [0, 0.05) is 0 Å². The van der Waals surface area contributed by atoms with Gasteiger partial charge in [0.2, 0.25) is 10.0 Å². The van der Waals surface area contributed by atoms with E-state index >= 15 is 0 Å². The van der Waals surface area contributed by atoms with Crippen LogP contribution in [0.2, 0.25) is 5.02 Å². The lowest BCUT2D eigenvalue weighted by Gasteiger charge is -2.15. The number of para-hydroxylation sites is 1. The number of furan rings is 1. The molecule has 0 saturated carbocycles. The largest absolute Gasteiger partial charge is 0.468 e. The molecule has 1 heterocycles. The molecule has 1 aromatic heterocycles. The van der Waals surface area contributed by atoms with Gasteiger partial charge in [0.1, 0.15) is 5.76 Å². The minimum atomic E-state index is -3.91. The van der Waals surface area contributed by atoms with Gasteiger partial charge in [0.25, 0.3) is 5.91 Å². The fourth-order valence-corrected chi connectivity index (χ4v) is 3.93. The first-order chi connectivity index (χ1) is 15.2. The summed E-state index contributed by atoms with van der Waals surface area (Å²) in [5.74, 6) is -0.959. The molecule has 10 heteroatoms. The molecule has 0 bridgehead atoms. The topological polar surface area (TPSA) is 115 Å². The third-order valence-electron chi connectivity index (χ3n) is 4.54. The van der Waals surface area contributed by atoms with Crippen molar-refractivity contribution in [2.75, 3.05) is 5.32 Å². The number of carbonyl (C=O) groups excluding carboxylic acids is 2. The first kappa shape index (κ1) is 23.5. The van der Waals surface area contributed by atoms with E-state index in [1.54, 1.807) is 43.3 Å². The van der Waals surface area contributed by atoms with Gasteiger partial charge in [-0.15, -0.1) is 0 Å². The van der Waals surface area contributed by atoms with Crippen LogP contribution in [0.15, 0.2) is 70.2 Å². The third kappa shape index (κ3) is 5.76. The molecule has 8 nitrogen and oxygen atoms in total. The van der Waals surface area contributed by atoms with Crippen LogP contribution >= 0.6 is 11.6 Å². The molecule has 2 aromatic carbocycles. The average Bonchev–Trinajstić information content (AvgIpc) is 3.28. The first-order valence-corrected chi connectivity index (χ1v) is 11.4. The highest BCUT2D eigenvalue weighted by Crippen LogP contribution is 2.21. The van der Waals surface area contributed by atoms with Crippen LogP contribution in [0.1, 0.15) is 28.6 Å². The van der Waals surface area contributed by atoms with E-state index in [9.17, 15) is 18.0 Å². The number of esters is 1. The molecular formula is C22H21ClN2O6S. The van der Waals surface area contributed by atoms with Gasteiger partial charge in [0.15, 0.2) is 6.10 Å². The highest BCUT2D eigenvalue weighted by Gasteiger charge is 2.23. The van der Waals surface area contributed by atoms with E-state index < -0.39 is 28.0 Å². The molecule has 168 valence electrons. The lowest BCUT2D eigenvalue weighted by atomic mass is 10.1. The van der Waals surface area contributed by atoms with Crippen LogP contribution in [0.3, 0.4) is 0 Å². The van der Waals surface area contributed by atoms with Crippen molar-refractivity contribution < 1.29 is 27.2 Å². The summed E-state index contributed by atoms with van der Waals surface area (Å²) in [6.45, 7) is 3.00. The molecule has 0 aliphatic heterocycles. The molecule has 0 radical (unpaired) electrons. The van der Waals surface area contributed by atoms with E-state index in [0.717, 1.165) is 0 Å². The van der Waals surface area contributed by atoms with Crippen LogP contribution in [0.25, 0.3) is 0 Å². The van der Waals surface area contributed by atoms with Crippen molar-refractivity contribution in [1.82, 2.24) is 4.72 Å². The molecule has 3 rings (SSSR count). The molecule has 1 amide bonds. The Balaban J connectivity index is 1.70. The second-order valence-electron chi connectivity index (χ2n) is 6.90. The predicted octanol–water partition coefficient (Wildman–Crippen LogP) is 3.90. The maximum atomic E-state index is 12.7. The number of ether oxygens (including phenoxy) is 1. The van der Waals surface area contributed by atoms with Crippen molar-refractivity contribution in [2.45, 2.75) is 31.4 Å². The fraction of sp³-hybridized carbons (Fsp3) is 0.182. The minimum Gasteiger partial charge on any atom is -0.468 e. The maximum Gasteiger partial charge on any atom is 0.339 e. The zero-order chi connectivity index (χ0) is 23.3. The van der Waals surface area contributed by atoms with Crippen molar-refractivity contribution in [3.05, 3.63) is 82.8 Å². The Morgan fingerprint density at radius 1 is 1.12 bits per heavy atom. The molecular weight excluding hydrogens is 456 g/mol. The van der Waals surface area contributed by atoms with Crippen LogP contribution in [-0.2, 0) is 26.1 Å². The van der Waals surface area contributed by atoms with Crippen molar-refractivity contribution in [3.63, 3.8) is 0 Å². The second-order valence-corrected chi connectivity index (χ2v) is 9.07. The molecule has 0 saturated heterocycles. The third-order valence-corrected chi connectivity index (χ3v) is 6.27. The average molecular weight is 477 g/mol. The summed E-state index contributed by atoms with van der Waals surface area (Å²) in [6.07, 6.45) is 0.294. The highest BCUT2D eigenvalue weighted by atomic mass is 35.5. The van der Waals surface area contributed by atoms with E-state index in [2.05, 4.69) is 10.0 Å². The monoisotopic (exact) mass is 476 g/mol. The zero-order valence-electron chi connectivity index (χ0n) is 17.3. The lowest BCUT2D eigenvalue weighted by molar-refractivity contribution is -0.123. The van der Waals surface area contributed by atoms with E-state index in [4.69, 9.17) is 20.8 Å². The van der Waals surface area contributed by atoms with Crippen molar-refractivity contribution in [3.8, 4) is 0 Å². The minimum absolute atomic E-state index is 0.0308. The zero-order valence-corrected chi connectivity index (χ0v) is 18.9. The van der Waals surface area contributed by atoms with Crippen molar-refractivity contribution in [2.24, 2.45) is 0 Å². The SMILES string of the molecule is Cc1ccc(S(=O)(=O)NCc2ccco2)cc1C(=O)OC(C)C(=O)Nc1ccccc1Cl. The smallest absolute Gasteiger partial charge is 0.339 e. The van der Waals surface area contributed by atoms with Gasteiger partial charge in [0.05, 0.1) is 34.0 Å². The molecule has 0 fully saturated rings. The standard InChI is InChI=1S/C22H21ClN2O6S/c1-14-9-10-17(32(28,29)24-13-16-6-5-11-30-16)12-18(14)22(27)31-15(2)21(26)25-20-8-4-3-7-19(20)23/h3-12,15,24H,13H2,1-2H3,(H,25,26). The molecule has 0 aliphatic rings. The lowest BCUT2D eigenvalue weighted by Crippen LogP contribution is -2.30. The van der Waals surface area contributed by atoms with Gasteiger partial charge in [-0.1, -0.05) is 29.8 Å². The number of carbonyl (C=O) groups is 2. The predicted molar refractivity (Wildman–Crippen MR) is 119 cm³/mol. The molecule has 2 N–H and O–H groups in total. The quantitative estimate of drug-likeness (QED) is 0.476. The Morgan fingerprint density at radius 2 is 1.88 bits per heavy atom. The van der Waals surface area contributed by atoms with Gasteiger partial charge >= 0.3 is 5.97 Å². The number of hydrogen-bond donors (Lipinski definition) is 2. The number of anilines is 1. The second kappa shape index (κ2) is 9.99. The van der Waals surface area contributed by atoms with Gasteiger partial charge in [-0.2, -0.15) is 0 Å². The van der Waals surface area contributed by atoms with Crippen molar-refractivity contribution >= 4 is 39.2 Å². The summed E-state index contributed by atoms with van der Waals surface area (Å²) >= 11 is 6.02. The summed E-state index contributed by atoms with van der Waals surface area (Å²) in [4.78, 5) is 24.9. The van der Waals surface area contributed by atoms with Crippen LogP contribution in [0, 0.1) is 6.92 Å². The van der Waals surface area contributed by atoms with Crippen LogP contribution in [0.4, 0.5) is 5.69 Å². The molecule has 32 heavy (non-hydrogen) atoms. The summed E-state index contributed by atoms with van der Waals surface area (Å²) in [6, 6.07) is 14.0. The van der Waals surface area contributed by atoms with Gasteiger partial charge in [-0.3, -0.25) is 4.79 Å². The summed E-state index contributed by atoms with van der Waals surface area (Å²) in [5, 5.41) is 2.93. The maximum absolute atomic E-state index is 12.7. The van der Waals surface area contributed by atoms with E-state index in [0.29, 0.717) is 22.0 Å². The number of aryl methyl sites for hydroxylation is 1. The van der Waals surface area contributed by atoms with E-state index in [-0.39, 0.29) is 17.0 Å². The summed E-state index contributed by atoms with van der Waals surface area (Å²) in [5.41, 5.74) is 0.913. The van der Waals surface area contributed by atoms with Crippen molar-refractivity contribution in [1.29, 1.82) is 0 Å². The number of benzene rings is 2. The van der Waals surface area contributed by atoms with Crippen LogP contribution < -0.4 is 10.0 Å². The van der Waals surface area contributed by atoms with E-state index in [1.165, 1.54) is 31.4 Å². The number of halogens is 1. The molecule has 1 unspecified atom stereocenters. The summed E-state index contributed by atoms with van der Waals surface area (Å²) in [7, 11) is -3.91. The Morgan fingerprint density at radius 3 is 2.56 bits per heavy atom. The number of sulfonamides is 1. The normalized spacial score (nSPS) is 12.2. The van der Waals surface area contributed by atoms with Gasteiger partial charge in [-0.05, 0) is 55.8 Å². The number of amides is 1.